The summed E-state index contributed by atoms with van der Waals surface area (Å²) in [4.78, 5) is 0. The van der Waals surface area contributed by atoms with E-state index in [1.54, 1.807) is 19.2 Å². The highest BCUT2D eigenvalue weighted by Crippen LogP contribution is 2.32. The van der Waals surface area contributed by atoms with Gasteiger partial charge in [0.05, 0.1) is 36.0 Å². The molecule has 1 aliphatic heterocycles. The summed E-state index contributed by atoms with van der Waals surface area (Å²) < 4.78 is 30.4. The maximum Gasteiger partial charge on any atom is 0.191 e. The number of aliphatic hydroxyl groups is 1. The van der Waals surface area contributed by atoms with Gasteiger partial charge in [0.25, 0.3) is 0 Å². The predicted octanol–water partition coefficient (Wildman–Crippen LogP) is 1.49. The minimum atomic E-state index is -3.21. The van der Waals surface area contributed by atoms with E-state index in [0.29, 0.717) is 29.2 Å². The molecule has 0 unspecified atom stereocenters. The van der Waals surface area contributed by atoms with Crippen LogP contribution >= 0.6 is 23.4 Å². The zero-order valence-electron chi connectivity index (χ0n) is 13.5. The first-order valence-electron chi connectivity index (χ1n) is 7.63. The number of sulfone groups is 1. The van der Waals surface area contributed by atoms with E-state index in [1.165, 1.54) is 11.8 Å². The summed E-state index contributed by atoms with van der Waals surface area (Å²) in [5, 5.41) is 19.2. The molecule has 0 aliphatic carbocycles. The van der Waals surface area contributed by atoms with E-state index in [1.807, 2.05) is 16.7 Å². The molecule has 3 rings (SSSR count). The van der Waals surface area contributed by atoms with Crippen molar-refractivity contribution >= 4 is 33.2 Å². The highest BCUT2D eigenvalue weighted by atomic mass is 35.5. The summed E-state index contributed by atoms with van der Waals surface area (Å²) in [6.45, 7) is 0.969. The number of hydrogen-bond donors (Lipinski definition) is 1. The molecule has 136 valence electrons. The number of aromatic nitrogens is 3. The fourth-order valence-corrected chi connectivity index (χ4v) is 6.29. The molecular weight excluding hydrogens is 386 g/mol. The van der Waals surface area contributed by atoms with Crippen molar-refractivity contribution in [2.45, 2.75) is 23.1 Å². The topological polar surface area (TPSA) is 94.3 Å². The Kier molecular flexibility index (Phi) is 5.69. The largest absolute Gasteiger partial charge is 0.391 e. The Morgan fingerprint density at radius 2 is 2.04 bits per heavy atom. The third-order valence-electron chi connectivity index (χ3n) is 3.87. The average molecular weight is 404 g/mol. The quantitative estimate of drug-likeness (QED) is 0.780. The number of hydrogen-bond acceptors (Lipinski definition) is 7. The summed E-state index contributed by atoms with van der Waals surface area (Å²) in [6.07, 6.45) is -0.901. The molecule has 0 radical (unpaired) electrons. The number of benzene rings is 1. The first-order valence-corrected chi connectivity index (χ1v) is 10.7. The number of nitrogens with zero attached hydrogens (tertiary/aromatic N) is 3. The van der Waals surface area contributed by atoms with Gasteiger partial charge in [0.2, 0.25) is 0 Å². The molecule has 10 heteroatoms. The minimum Gasteiger partial charge on any atom is -0.391 e. The van der Waals surface area contributed by atoms with E-state index in [-0.39, 0.29) is 11.5 Å². The van der Waals surface area contributed by atoms with Crippen LogP contribution in [-0.4, -0.2) is 64.9 Å². The molecule has 0 bridgehead atoms. The summed E-state index contributed by atoms with van der Waals surface area (Å²) in [5.74, 6) is 0.374. The molecule has 0 amide bonds. The van der Waals surface area contributed by atoms with Crippen LogP contribution in [0.3, 0.4) is 0 Å². The Bertz CT molecular complexity index is 839. The van der Waals surface area contributed by atoms with Crippen molar-refractivity contribution in [2.75, 3.05) is 25.2 Å². The summed E-state index contributed by atoms with van der Waals surface area (Å²) in [7, 11) is -1.61. The molecule has 1 saturated heterocycles. The van der Waals surface area contributed by atoms with Crippen molar-refractivity contribution in [1.82, 2.24) is 14.8 Å². The molecule has 2 heterocycles. The van der Waals surface area contributed by atoms with Crippen LogP contribution in [0, 0.1) is 0 Å². The highest BCUT2D eigenvalue weighted by Gasteiger charge is 2.38. The van der Waals surface area contributed by atoms with Crippen LogP contribution in [0.1, 0.15) is 0 Å². The van der Waals surface area contributed by atoms with Gasteiger partial charge < -0.3 is 9.84 Å². The number of halogens is 1. The van der Waals surface area contributed by atoms with Crippen LogP contribution in [0.2, 0.25) is 5.02 Å². The Hall–Kier alpha value is -1.13. The Balaban J connectivity index is 1.90. The number of methoxy groups -OCH3 is 1. The van der Waals surface area contributed by atoms with Crippen LogP contribution < -0.4 is 0 Å². The molecule has 2 aromatic rings. The van der Waals surface area contributed by atoms with Gasteiger partial charge in [-0.05, 0) is 24.3 Å². The van der Waals surface area contributed by atoms with E-state index < -0.39 is 21.2 Å². The van der Waals surface area contributed by atoms with Gasteiger partial charge in [0.15, 0.2) is 20.8 Å². The van der Waals surface area contributed by atoms with Crippen molar-refractivity contribution in [1.29, 1.82) is 0 Å². The lowest BCUT2D eigenvalue weighted by atomic mass is 10.2. The van der Waals surface area contributed by atoms with E-state index in [9.17, 15) is 13.5 Å². The standard InChI is InChI=1S/C15H18ClN3O4S2/c1-23-7-6-19-14(10-2-4-11(16)5-3-10)17-18-15(19)24-13-9-25(21,22)8-12(13)20/h2-5,12-13,20H,6-9H2,1H3/t12-,13-/m1/s1. The smallest absolute Gasteiger partial charge is 0.191 e. The summed E-state index contributed by atoms with van der Waals surface area (Å²) in [6, 6.07) is 7.23. The van der Waals surface area contributed by atoms with Gasteiger partial charge in [-0.2, -0.15) is 0 Å². The first-order chi connectivity index (χ1) is 11.9. The van der Waals surface area contributed by atoms with E-state index in [0.717, 1.165) is 5.56 Å². The number of aliphatic hydroxyl groups excluding tert-OH is 1. The monoisotopic (exact) mass is 403 g/mol. The molecule has 1 N–H and O–H groups in total. The molecule has 2 atom stereocenters. The van der Waals surface area contributed by atoms with Crippen LogP contribution in [0.4, 0.5) is 0 Å². The van der Waals surface area contributed by atoms with Crippen molar-refractivity contribution in [3.8, 4) is 11.4 Å². The summed E-state index contributed by atoms with van der Waals surface area (Å²) >= 11 is 7.17. The second-order valence-electron chi connectivity index (χ2n) is 5.76. The van der Waals surface area contributed by atoms with Crippen molar-refractivity contribution in [2.24, 2.45) is 0 Å². The van der Waals surface area contributed by atoms with Crippen LogP contribution in [0.25, 0.3) is 11.4 Å². The first kappa shape index (κ1) is 18.7. The lowest BCUT2D eigenvalue weighted by molar-refractivity contribution is 0.185. The molecule has 7 nitrogen and oxygen atoms in total. The van der Waals surface area contributed by atoms with Gasteiger partial charge in [0, 0.05) is 17.7 Å². The van der Waals surface area contributed by atoms with Crippen LogP contribution in [0.15, 0.2) is 29.4 Å². The van der Waals surface area contributed by atoms with Gasteiger partial charge in [-0.3, -0.25) is 4.57 Å². The summed E-state index contributed by atoms with van der Waals surface area (Å²) in [5.41, 5.74) is 0.847. The van der Waals surface area contributed by atoms with Gasteiger partial charge in [-0.15, -0.1) is 10.2 Å². The van der Waals surface area contributed by atoms with Crippen molar-refractivity contribution in [3.63, 3.8) is 0 Å². The number of rotatable bonds is 6. The van der Waals surface area contributed by atoms with Gasteiger partial charge in [0.1, 0.15) is 0 Å². The fraction of sp³-hybridized carbons (Fsp3) is 0.467. The highest BCUT2D eigenvalue weighted by molar-refractivity contribution is 8.01. The second-order valence-corrected chi connectivity index (χ2v) is 9.55. The fourth-order valence-electron chi connectivity index (χ4n) is 2.62. The molecule has 1 fully saturated rings. The molecule has 1 aromatic carbocycles. The second kappa shape index (κ2) is 7.63. The van der Waals surface area contributed by atoms with E-state index in [2.05, 4.69) is 10.2 Å². The SMILES string of the molecule is COCCn1c(S[C@@H]2CS(=O)(=O)C[C@H]2O)nnc1-c1ccc(Cl)cc1. The predicted molar refractivity (Wildman–Crippen MR) is 96.6 cm³/mol. The maximum atomic E-state index is 11.7. The zero-order chi connectivity index (χ0) is 18.0. The minimum absolute atomic E-state index is 0.0632. The van der Waals surface area contributed by atoms with E-state index >= 15 is 0 Å². The maximum absolute atomic E-state index is 11.7. The number of thioether (sulfide) groups is 1. The third-order valence-corrected chi connectivity index (χ3v) is 7.34. The van der Waals surface area contributed by atoms with E-state index in [4.69, 9.17) is 16.3 Å². The lowest BCUT2D eigenvalue weighted by Gasteiger charge is -2.14. The normalized spacial score (nSPS) is 22.4. The van der Waals surface area contributed by atoms with Crippen LogP contribution in [0.5, 0.6) is 0 Å². The Labute approximate surface area is 155 Å². The Morgan fingerprint density at radius 3 is 2.64 bits per heavy atom. The van der Waals surface area contributed by atoms with Gasteiger partial charge in [-0.25, -0.2) is 8.42 Å². The Morgan fingerprint density at radius 1 is 1.32 bits per heavy atom. The van der Waals surface area contributed by atoms with Crippen LogP contribution in [-0.2, 0) is 21.1 Å². The molecular formula is C15H18ClN3O4S2. The van der Waals surface area contributed by atoms with Gasteiger partial charge in [-0.1, -0.05) is 23.4 Å². The average Bonchev–Trinajstić information content (AvgIpc) is 3.06. The molecule has 0 saturated carbocycles. The molecule has 1 aliphatic rings. The van der Waals surface area contributed by atoms with Crippen molar-refractivity contribution in [3.05, 3.63) is 29.3 Å². The molecule has 1 aromatic heterocycles. The third kappa shape index (κ3) is 4.35. The number of ether oxygens (including phenoxy) is 1. The molecule has 0 spiro atoms. The van der Waals surface area contributed by atoms with Gasteiger partial charge >= 0.3 is 0 Å². The molecule has 25 heavy (non-hydrogen) atoms. The lowest BCUT2D eigenvalue weighted by Crippen LogP contribution is -2.21. The zero-order valence-corrected chi connectivity index (χ0v) is 15.9. The van der Waals surface area contributed by atoms with Crippen molar-refractivity contribution < 1.29 is 18.3 Å².